The second-order valence-corrected chi connectivity index (χ2v) is 19.0. The molecule has 1 unspecified atom stereocenters. The Morgan fingerprint density at radius 2 is 1.53 bits per heavy atom. The first kappa shape index (κ1) is 31.6. The van der Waals surface area contributed by atoms with Gasteiger partial charge < -0.3 is 9.53 Å². The van der Waals surface area contributed by atoms with Crippen LogP contribution in [0.1, 0.15) is 44.0 Å². The minimum Gasteiger partial charge on any atom is -0.411 e. The molecule has 0 aliphatic carbocycles. The fraction of sp³-hybridized carbons (Fsp3) is 0.250. The van der Waals surface area contributed by atoms with Crippen LogP contribution in [0.3, 0.4) is 0 Å². The summed E-state index contributed by atoms with van der Waals surface area (Å²) in [5, 5.41) is 21.1. The Hall–Kier alpha value is -3.36. The van der Waals surface area contributed by atoms with Crippen LogP contribution >= 0.6 is 31.9 Å². The first-order valence-electron chi connectivity index (χ1n) is 14.2. The van der Waals surface area contributed by atoms with Crippen molar-refractivity contribution in [2.45, 2.75) is 51.6 Å². The Morgan fingerprint density at radius 1 is 0.889 bits per heavy atom. The van der Waals surface area contributed by atoms with Crippen molar-refractivity contribution < 1.29 is 18.3 Å². The molecule has 0 bridgehead atoms. The Kier molecular flexibility index (Phi) is 8.27. The average molecular weight is 757 g/mol. The van der Waals surface area contributed by atoms with Gasteiger partial charge in [0.05, 0.1) is 46.0 Å². The summed E-state index contributed by atoms with van der Waals surface area (Å²) in [6.45, 7) is 11.2. The zero-order chi connectivity index (χ0) is 32.3. The molecule has 6 aromatic rings. The molecule has 232 valence electrons. The van der Waals surface area contributed by atoms with Crippen LogP contribution in [0.15, 0.2) is 75.8 Å². The van der Waals surface area contributed by atoms with Crippen LogP contribution in [0.25, 0.3) is 33.4 Å². The highest BCUT2D eigenvalue weighted by atomic mass is 79.9. The van der Waals surface area contributed by atoms with Crippen LogP contribution in [-0.4, -0.2) is 43.0 Å². The number of fused-ring (bicyclic) bond motifs is 2. The molecule has 2 aromatic carbocycles. The number of aliphatic hydroxyl groups excluding tert-OH is 1. The highest BCUT2D eigenvalue weighted by Crippen LogP contribution is 2.37. The molecule has 8 nitrogen and oxygen atoms in total. The molecule has 0 aliphatic heterocycles. The minimum atomic E-state index is -2.02. The first-order chi connectivity index (χ1) is 21.2. The number of nitrogens with zero attached hydrogens (tertiary/aromatic N) is 6. The van der Waals surface area contributed by atoms with Crippen molar-refractivity contribution in [3.8, 4) is 11.6 Å². The SMILES string of the molecule is CC(C)(C)[Si](C)(C)OCc1cccc(-n2nc(C(O)c3cccc(-n4ncc5c(F)cc(Br)cc54)n3)c3c(F)cc(Br)cc32)n1. The number of aliphatic hydroxyl groups is 1. The van der Waals surface area contributed by atoms with Gasteiger partial charge in [0.15, 0.2) is 20.0 Å². The van der Waals surface area contributed by atoms with Gasteiger partial charge >= 0.3 is 0 Å². The first-order valence-corrected chi connectivity index (χ1v) is 18.7. The summed E-state index contributed by atoms with van der Waals surface area (Å²) in [6, 6.07) is 16.7. The number of hydrogen-bond acceptors (Lipinski definition) is 6. The molecule has 0 amide bonds. The quantitative estimate of drug-likeness (QED) is 0.164. The maximum absolute atomic E-state index is 15.6. The Balaban J connectivity index is 1.41. The normalized spacial score (nSPS) is 13.2. The predicted octanol–water partition coefficient (Wildman–Crippen LogP) is 8.56. The third-order valence-electron chi connectivity index (χ3n) is 8.24. The fourth-order valence-corrected chi connectivity index (χ4v) is 6.56. The highest BCUT2D eigenvalue weighted by molar-refractivity contribution is 9.10. The second kappa shape index (κ2) is 11.8. The van der Waals surface area contributed by atoms with Gasteiger partial charge in [0, 0.05) is 8.95 Å². The van der Waals surface area contributed by atoms with E-state index in [0.717, 1.165) is 0 Å². The number of hydrogen-bond donors (Lipinski definition) is 1. The molecule has 0 aliphatic rings. The monoisotopic (exact) mass is 754 g/mol. The van der Waals surface area contributed by atoms with E-state index in [9.17, 15) is 9.50 Å². The van der Waals surface area contributed by atoms with Gasteiger partial charge in [0.1, 0.15) is 23.4 Å². The summed E-state index contributed by atoms with van der Waals surface area (Å²) in [5.74, 6) is -0.192. The van der Waals surface area contributed by atoms with Gasteiger partial charge in [-0.3, -0.25) is 0 Å². The predicted molar refractivity (Wildman–Crippen MR) is 179 cm³/mol. The molecule has 1 N–H and O–H groups in total. The van der Waals surface area contributed by atoms with Crippen molar-refractivity contribution in [3.63, 3.8) is 0 Å². The molecule has 6 rings (SSSR count). The van der Waals surface area contributed by atoms with Crippen molar-refractivity contribution in [1.82, 2.24) is 29.5 Å². The van der Waals surface area contributed by atoms with Crippen LogP contribution in [0.5, 0.6) is 0 Å². The maximum Gasteiger partial charge on any atom is 0.192 e. The molecule has 45 heavy (non-hydrogen) atoms. The van der Waals surface area contributed by atoms with Crippen LogP contribution in [0.4, 0.5) is 8.78 Å². The molecule has 13 heteroatoms. The van der Waals surface area contributed by atoms with Gasteiger partial charge in [-0.1, -0.05) is 64.8 Å². The molecule has 0 radical (unpaired) electrons. The Labute approximate surface area is 276 Å². The summed E-state index contributed by atoms with van der Waals surface area (Å²) in [5.41, 5.74) is 1.91. The summed E-state index contributed by atoms with van der Waals surface area (Å²) < 4.78 is 40.6. The summed E-state index contributed by atoms with van der Waals surface area (Å²) in [6.07, 6.45) is 0.0164. The van der Waals surface area contributed by atoms with E-state index in [2.05, 4.69) is 80.9 Å². The van der Waals surface area contributed by atoms with Gasteiger partial charge in [0.25, 0.3) is 0 Å². The molecule has 0 saturated heterocycles. The molecule has 0 fully saturated rings. The number of benzene rings is 2. The number of halogens is 4. The zero-order valence-corrected chi connectivity index (χ0v) is 29.4. The molecule has 0 saturated carbocycles. The summed E-state index contributed by atoms with van der Waals surface area (Å²) >= 11 is 6.72. The minimum absolute atomic E-state index is 0.0422. The Morgan fingerprint density at radius 3 is 2.24 bits per heavy atom. The van der Waals surface area contributed by atoms with Crippen LogP contribution in [0.2, 0.25) is 18.1 Å². The van der Waals surface area contributed by atoms with Gasteiger partial charge in [-0.2, -0.15) is 10.2 Å². The average Bonchev–Trinajstić information content (AvgIpc) is 3.58. The van der Waals surface area contributed by atoms with Crippen molar-refractivity contribution in [1.29, 1.82) is 0 Å². The second-order valence-electron chi connectivity index (χ2n) is 12.3. The smallest absolute Gasteiger partial charge is 0.192 e. The van der Waals surface area contributed by atoms with E-state index in [-0.39, 0.29) is 21.8 Å². The third kappa shape index (κ3) is 5.99. The summed E-state index contributed by atoms with van der Waals surface area (Å²) in [4.78, 5) is 9.41. The van der Waals surface area contributed by atoms with Crippen molar-refractivity contribution in [3.05, 3.63) is 105 Å². The lowest BCUT2D eigenvalue weighted by molar-refractivity contribution is 0.211. The van der Waals surface area contributed by atoms with Crippen LogP contribution < -0.4 is 0 Å². The van der Waals surface area contributed by atoms with Crippen molar-refractivity contribution in [2.24, 2.45) is 0 Å². The highest BCUT2D eigenvalue weighted by Gasteiger charge is 2.37. The third-order valence-corrected chi connectivity index (χ3v) is 13.6. The van der Waals surface area contributed by atoms with Crippen molar-refractivity contribution in [2.75, 3.05) is 0 Å². The van der Waals surface area contributed by atoms with E-state index in [1.54, 1.807) is 36.4 Å². The van der Waals surface area contributed by atoms with Gasteiger partial charge in [-0.25, -0.2) is 28.1 Å². The van der Waals surface area contributed by atoms with E-state index in [0.29, 0.717) is 49.3 Å². The van der Waals surface area contributed by atoms with Crippen molar-refractivity contribution >= 4 is 62.0 Å². The standard InChI is InChI=1S/C32H30Br2F2N6O2Si/c1-32(2,3)45(4,5)44-17-20-8-6-10-27(38-20)42-26-15-19(34)13-23(36)29(26)30(40-42)31(43)24-9-7-11-28(39-24)41-25-14-18(33)12-22(35)21(25)16-37-41/h6-16,31,43H,17H2,1-5H3. The molecule has 0 spiro atoms. The van der Waals surface area contributed by atoms with Gasteiger partial charge in [-0.15, -0.1) is 0 Å². The summed E-state index contributed by atoms with van der Waals surface area (Å²) in [7, 11) is -2.02. The lowest BCUT2D eigenvalue weighted by Gasteiger charge is -2.36. The van der Waals surface area contributed by atoms with E-state index >= 15 is 4.39 Å². The van der Waals surface area contributed by atoms with E-state index in [4.69, 9.17) is 9.41 Å². The van der Waals surface area contributed by atoms with Gasteiger partial charge in [0.2, 0.25) is 0 Å². The van der Waals surface area contributed by atoms with E-state index in [1.807, 2.05) is 12.1 Å². The van der Waals surface area contributed by atoms with Crippen LogP contribution in [-0.2, 0) is 11.0 Å². The lowest BCUT2D eigenvalue weighted by atomic mass is 10.1. The van der Waals surface area contributed by atoms with Gasteiger partial charge in [-0.05, 0) is 66.7 Å². The topological polar surface area (TPSA) is 90.9 Å². The van der Waals surface area contributed by atoms with Crippen LogP contribution in [0, 0.1) is 11.6 Å². The number of aromatic nitrogens is 6. The zero-order valence-electron chi connectivity index (χ0n) is 25.2. The molecule has 4 heterocycles. The molecule has 1 atom stereocenters. The Bertz CT molecular complexity index is 2080. The number of pyridine rings is 2. The fourth-order valence-electron chi connectivity index (χ4n) is 4.78. The molecular weight excluding hydrogens is 726 g/mol. The van der Waals surface area contributed by atoms with E-state index in [1.165, 1.54) is 27.7 Å². The lowest BCUT2D eigenvalue weighted by Crippen LogP contribution is -2.40. The number of rotatable bonds is 7. The maximum atomic E-state index is 15.6. The van der Waals surface area contributed by atoms with E-state index < -0.39 is 26.1 Å². The molecule has 4 aromatic heterocycles. The molecular formula is C32H30Br2F2N6O2Si. The largest absolute Gasteiger partial charge is 0.411 e.